The molecule has 0 aliphatic heterocycles. The number of carbonyl (C=O) groups is 1. The van der Waals surface area contributed by atoms with Crippen molar-refractivity contribution in [2.45, 2.75) is 6.92 Å². The highest BCUT2D eigenvalue weighted by Crippen LogP contribution is 2.21. The second-order valence-electron chi connectivity index (χ2n) is 3.90. The number of pyridine rings is 1. The van der Waals surface area contributed by atoms with Crippen molar-refractivity contribution >= 4 is 11.6 Å². The lowest BCUT2D eigenvalue weighted by Gasteiger charge is -2.06. The molecular formula is C13H12N2O3. The summed E-state index contributed by atoms with van der Waals surface area (Å²) < 4.78 is 0. The molecule has 2 aromatic rings. The third-order valence-electron chi connectivity index (χ3n) is 2.51. The average Bonchev–Trinajstić information content (AvgIpc) is 2.34. The monoisotopic (exact) mass is 244 g/mol. The van der Waals surface area contributed by atoms with E-state index in [1.54, 1.807) is 19.1 Å². The molecule has 0 saturated carbocycles. The van der Waals surface area contributed by atoms with E-state index in [2.05, 4.69) is 10.3 Å². The molecule has 0 saturated heterocycles. The summed E-state index contributed by atoms with van der Waals surface area (Å²) in [4.78, 5) is 25.1. The van der Waals surface area contributed by atoms with Crippen molar-refractivity contribution in [1.82, 2.24) is 4.98 Å². The van der Waals surface area contributed by atoms with E-state index in [0.29, 0.717) is 11.3 Å². The first-order valence-electron chi connectivity index (χ1n) is 5.36. The fourth-order valence-electron chi connectivity index (χ4n) is 1.44. The van der Waals surface area contributed by atoms with E-state index in [4.69, 9.17) is 0 Å². The minimum absolute atomic E-state index is 0.120. The van der Waals surface area contributed by atoms with E-state index in [1.165, 1.54) is 24.4 Å². The molecule has 1 aromatic heterocycles. The van der Waals surface area contributed by atoms with Crippen LogP contribution in [0.4, 0.5) is 5.69 Å². The number of hydrogen-bond donors (Lipinski definition) is 3. The van der Waals surface area contributed by atoms with Crippen LogP contribution in [0, 0.1) is 6.92 Å². The molecule has 5 heteroatoms. The number of aryl methyl sites for hydroxylation is 1. The van der Waals surface area contributed by atoms with E-state index in [0.717, 1.165) is 5.56 Å². The van der Waals surface area contributed by atoms with Crippen molar-refractivity contribution in [3.63, 3.8) is 0 Å². The maximum Gasteiger partial charge on any atom is 0.257 e. The summed E-state index contributed by atoms with van der Waals surface area (Å²) in [5.74, 6) is -0.233. The standard InChI is InChI=1S/C13H12N2O3/c1-8-2-4-10(6-11(8)16)15-13(18)9-3-5-12(17)14-7-9/h2-7,16H,1H3,(H,14,17)(H,15,18). The van der Waals surface area contributed by atoms with Gasteiger partial charge < -0.3 is 15.4 Å². The van der Waals surface area contributed by atoms with E-state index in [1.807, 2.05) is 0 Å². The Hall–Kier alpha value is -2.56. The first-order valence-corrected chi connectivity index (χ1v) is 5.36. The fourth-order valence-corrected chi connectivity index (χ4v) is 1.44. The lowest BCUT2D eigenvalue weighted by molar-refractivity contribution is 0.102. The number of phenols is 1. The summed E-state index contributed by atoms with van der Waals surface area (Å²) in [6.45, 7) is 1.77. The summed E-state index contributed by atoms with van der Waals surface area (Å²) >= 11 is 0. The molecule has 0 radical (unpaired) electrons. The number of nitrogens with one attached hydrogen (secondary N) is 2. The molecule has 0 spiro atoms. The number of benzene rings is 1. The summed E-state index contributed by atoms with van der Waals surface area (Å²) in [5, 5.41) is 12.1. The molecule has 1 aromatic carbocycles. The van der Waals surface area contributed by atoms with Gasteiger partial charge in [-0.05, 0) is 24.6 Å². The van der Waals surface area contributed by atoms with Crippen LogP contribution in [0.2, 0.25) is 0 Å². The first-order chi connectivity index (χ1) is 8.56. The lowest BCUT2D eigenvalue weighted by atomic mass is 10.2. The number of aromatic hydroxyl groups is 1. The molecule has 0 aliphatic carbocycles. The molecule has 0 bridgehead atoms. The first kappa shape index (κ1) is 11.9. The minimum atomic E-state index is -0.352. The van der Waals surface area contributed by atoms with Crippen LogP contribution in [0.3, 0.4) is 0 Å². The van der Waals surface area contributed by atoms with Gasteiger partial charge in [0.1, 0.15) is 5.75 Å². The zero-order valence-corrected chi connectivity index (χ0v) is 9.73. The number of rotatable bonds is 2. The fraction of sp³-hybridized carbons (Fsp3) is 0.0769. The zero-order chi connectivity index (χ0) is 13.1. The normalized spacial score (nSPS) is 10.1. The van der Waals surface area contributed by atoms with Gasteiger partial charge in [0.2, 0.25) is 5.56 Å². The Morgan fingerprint density at radius 1 is 1.28 bits per heavy atom. The molecule has 1 amide bonds. The average molecular weight is 244 g/mol. The van der Waals surface area contributed by atoms with E-state index in [-0.39, 0.29) is 17.2 Å². The number of amides is 1. The van der Waals surface area contributed by atoms with Crippen molar-refractivity contribution < 1.29 is 9.90 Å². The maximum atomic E-state index is 11.8. The molecule has 0 aliphatic rings. The lowest BCUT2D eigenvalue weighted by Crippen LogP contribution is -2.14. The van der Waals surface area contributed by atoms with Crippen LogP contribution >= 0.6 is 0 Å². The SMILES string of the molecule is Cc1ccc(NC(=O)c2ccc(=O)[nH]c2)cc1O. The highest BCUT2D eigenvalue weighted by molar-refractivity contribution is 6.04. The van der Waals surface area contributed by atoms with Gasteiger partial charge in [0.05, 0.1) is 5.56 Å². The van der Waals surface area contributed by atoms with Gasteiger partial charge in [0, 0.05) is 24.0 Å². The number of carbonyl (C=O) groups excluding carboxylic acids is 1. The Balaban J connectivity index is 2.18. The van der Waals surface area contributed by atoms with Crippen LogP contribution in [0.15, 0.2) is 41.3 Å². The molecule has 1 heterocycles. The van der Waals surface area contributed by atoms with Crippen LogP contribution in [0.25, 0.3) is 0 Å². The second kappa shape index (κ2) is 4.75. The van der Waals surface area contributed by atoms with Crippen LogP contribution in [0.1, 0.15) is 15.9 Å². The van der Waals surface area contributed by atoms with Crippen molar-refractivity contribution in [3.8, 4) is 5.75 Å². The Kier molecular flexibility index (Phi) is 3.14. The van der Waals surface area contributed by atoms with Gasteiger partial charge in [-0.25, -0.2) is 0 Å². The van der Waals surface area contributed by atoms with Crippen molar-refractivity contribution in [2.24, 2.45) is 0 Å². The highest BCUT2D eigenvalue weighted by atomic mass is 16.3. The van der Waals surface area contributed by atoms with Gasteiger partial charge >= 0.3 is 0 Å². The van der Waals surface area contributed by atoms with Crippen molar-refractivity contribution in [2.75, 3.05) is 5.32 Å². The summed E-state index contributed by atoms with van der Waals surface area (Å²) in [7, 11) is 0. The summed E-state index contributed by atoms with van der Waals surface area (Å²) in [6, 6.07) is 7.58. The molecular weight excluding hydrogens is 232 g/mol. The highest BCUT2D eigenvalue weighted by Gasteiger charge is 2.06. The molecule has 5 nitrogen and oxygen atoms in total. The van der Waals surface area contributed by atoms with Gasteiger partial charge in [-0.2, -0.15) is 0 Å². The van der Waals surface area contributed by atoms with Crippen molar-refractivity contribution in [3.05, 3.63) is 58.0 Å². The second-order valence-corrected chi connectivity index (χ2v) is 3.90. The Morgan fingerprint density at radius 2 is 2.06 bits per heavy atom. The molecule has 0 unspecified atom stereocenters. The minimum Gasteiger partial charge on any atom is -0.508 e. The number of hydrogen-bond acceptors (Lipinski definition) is 3. The van der Waals surface area contributed by atoms with Gasteiger partial charge in [0.15, 0.2) is 0 Å². The third-order valence-corrected chi connectivity index (χ3v) is 2.51. The smallest absolute Gasteiger partial charge is 0.257 e. The van der Waals surface area contributed by atoms with Crippen LogP contribution in [-0.4, -0.2) is 16.0 Å². The molecule has 92 valence electrons. The summed E-state index contributed by atoms with van der Waals surface area (Å²) in [5.41, 5.74) is 1.31. The topological polar surface area (TPSA) is 82.2 Å². The number of anilines is 1. The van der Waals surface area contributed by atoms with E-state index >= 15 is 0 Å². The van der Waals surface area contributed by atoms with Crippen LogP contribution < -0.4 is 10.9 Å². The number of phenolic OH excluding ortho intramolecular Hbond substituents is 1. The van der Waals surface area contributed by atoms with Gasteiger partial charge in [-0.1, -0.05) is 6.07 Å². The molecule has 18 heavy (non-hydrogen) atoms. The third kappa shape index (κ3) is 2.57. The van der Waals surface area contributed by atoms with Gasteiger partial charge in [-0.3, -0.25) is 9.59 Å². The van der Waals surface area contributed by atoms with Gasteiger partial charge in [0.25, 0.3) is 5.91 Å². The van der Waals surface area contributed by atoms with E-state index in [9.17, 15) is 14.7 Å². The largest absolute Gasteiger partial charge is 0.508 e. The Bertz CT molecular complexity index is 626. The molecule has 2 rings (SSSR count). The summed E-state index contributed by atoms with van der Waals surface area (Å²) in [6.07, 6.45) is 1.34. The maximum absolute atomic E-state index is 11.8. The zero-order valence-electron chi connectivity index (χ0n) is 9.73. The predicted octanol–water partition coefficient (Wildman–Crippen LogP) is 1.64. The molecule has 3 N–H and O–H groups in total. The number of aromatic amines is 1. The number of aromatic nitrogens is 1. The quantitative estimate of drug-likeness (QED) is 0.751. The Labute approximate surface area is 103 Å². The van der Waals surface area contributed by atoms with Gasteiger partial charge in [-0.15, -0.1) is 0 Å². The van der Waals surface area contributed by atoms with Crippen LogP contribution in [-0.2, 0) is 0 Å². The van der Waals surface area contributed by atoms with E-state index < -0.39 is 0 Å². The Morgan fingerprint density at radius 3 is 2.67 bits per heavy atom. The van der Waals surface area contributed by atoms with Crippen LogP contribution in [0.5, 0.6) is 5.75 Å². The predicted molar refractivity (Wildman–Crippen MR) is 67.9 cm³/mol. The number of H-pyrrole nitrogens is 1. The molecule has 0 fully saturated rings. The van der Waals surface area contributed by atoms with Crippen molar-refractivity contribution in [1.29, 1.82) is 0 Å². The molecule has 0 atom stereocenters.